The molecule has 1 fully saturated rings. The summed E-state index contributed by atoms with van der Waals surface area (Å²) in [5, 5.41) is 4.46. The molecule has 1 aliphatic rings. The van der Waals surface area contributed by atoms with Gasteiger partial charge in [0.15, 0.2) is 0 Å². The Kier molecular flexibility index (Phi) is 5.11. The zero-order chi connectivity index (χ0) is 14.8. The minimum Gasteiger partial charge on any atom is -0.312 e. The van der Waals surface area contributed by atoms with E-state index in [0.29, 0.717) is 6.04 Å². The molecule has 0 amide bonds. The first-order chi connectivity index (χ1) is 9.35. The Labute approximate surface area is 128 Å². The Balaban J connectivity index is 1.89. The molecule has 1 heterocycles. The van der Waals surface area contributed by atoms with E-state index >= 15 is 0 Å². The van der Waals surface area contributed by atoms with E-state index in [1.54, 1.807) is 0 Å². The number of halogens is 1. The number of hydrogen-bond acceptors (Lipinski definition) is 2. The van der Waals surface area contributed by atoms with Crippen molar-refractivity contribution in [2.24, 2.45) is 5.92 Å². The lowest BCUT2D eigenvalue weighted by Crippen LogP contribution is -2.39. The molecule has 0 bridgehead atoms. The molecular weight excluding hydrogens is 268 g/mol. The molecule has 0 aliphatic carbocycles. The number of nitrogens with zero attached hydrogens (tertiary/aromatic N) is 1. The Morgan fingerprint density at radius 2 is 2.15 bits per heavy atom. The maximum Gasteiger partial charge on any atom is 0.0409 e. The molecule has 2 atom stereocenters. The molecule has 2 rings (SSSR count). The van der Waals surface area contributed by atoms with E-state index in [-0.39, 0.29) is 5.54 Å². The minimum absolute atomic E-state index is 0.214. The molecule has 2 nitrogen and oxygen atoms in total. The molecular formula is C17H27ClN2. The number of likely N-dealkylation sites (tertiary alicyclic amines) is 1. The van der Waals surface area contributed by atoms with Crippen LogP contribution in [-0.2, 0) is 0 Å². The average molecular weight is 295 g/mol. The van der Waals surface area contributed by atoms with E-state index in [1.165, 1.54) is 25.1 Å². The van der Waals surface area contributed by atoms with Crippen LogP contribution in [0.2, 0.25) is 5.02 Å². The predicted octanol–water partition coefficient (Wildman–Crippen LogP) is 4.11. The van der Waals surface area contributed by atoms with Crippen molar-refractivity contribution in [3.8, 4) is 0 Å². The van der Waals surface area contributed by atoms with Crippen LogP contribution in [0.15, 0.2) is 24.3 Å². The van der Waals surface area contributed by atoms with Crippen molar-refractivity contribution in [2.45, 2.75) is 45.7 Å². The van der Waals surface area contributed by atoms with Crippen LogP contribution in [0, 0.1) is 5.92 Å². The highest BCUT2D eigenvalue weighted by Gasteiger charge is 2.27. The highest BCUT2D eigenvalue weighted by Crippen LogP contribution is 2.28. The molecule has 112 valence electrons. The van der Waals surface area contributed by atoms with Gasteiger partial charge in [0, 0.05) is 23.1 Å². The fourth-order valence-electron chi connectivity index (χ4n) is 2.81. The van der Waals surface area contributed by atoms with E-state index < -0.39 is 0 Å². The summed E-state index contributed by atoms with van der Waals surface area (Å²) in [4.78, 5) is 2.57. The number of hydrogen-bond donors (Lipinski definition) is 1. The van der Waals surface area contributed by atoms with E-state index in [4.69, 9.17) is 11.6 Å². The summed E-state index contributed by atoms with van der Waals surface area (Å²) < 4.78 is 0. The Hall–Kier alpha value is -0.570. The fourth-order valence-corrected chi connectivity index (χ4v) is 3.01. The SMILES string of the molecule is CC(c1cccc(Cl)c1)N1CCC(CNC(C)(C)C)C1. The maximum atomic E-state index is 6.10. The molecule has 2 unspecified atom stereocenters. The third-order valence-corrected chi connectivity index (χ3v) is 4.35. The van der Waals surface area contributed by atoms with Gasteiger partial charge < -0.3 is 5.32 Å². The molecule has 0 saturated carbocycles. The van der Waals surface area contributed by atoms with Gasteiger partial charge in [-0.2, -0.15) is 0 Å². The fraction of sp³-hybridized carbons (Fsp3) is 0.647. The van der Waals surface area contributed by atoms with Gasteiger partial charge in [-0.1, -0.05) is 23.7 Å². The number of rotatable bonds is 4. The Bertz CT molecular complexity index is 439. The second-order valence-corrected chi connectivity index (χ2v) is 7.45. The highest BCUT2D eigenvalue weighted by atomic mass is 35.5. The van der Waals surface area contributed by atoms with E-state index in [2.05, 4.69) is 50.0 Å². The van der Waals surface area contributed by atoms with Gasteiger partial charge in [-0.3, -0.25) is 4.90 Å². The largest absolute Gasteiger partial charge is 0.312 e. The van der Waals surface area contributed by atoms with Gasteiger partial charge in [0.05, 0.1) is 0 Å². The maximum absolute atomic E-state index is 6.10. The minimum atomic E-state index is 0.214. The zero-order valence-corrected chi connectivity index (χ0v) is 13.9. The summed E-state index contributed by atoms with van der Waals surface area (Å²) in [5.74, 6) is 0.760. The van der Waals surface area contributed by atoms with Crippen molar-refractivity contribution >= 4 is 11.6 Å². The normalized spacial score (nSPS) is 22.1. The van der Waals surface area contributed by atoms with Crippen molar-refractivity contribution in [2.75, 3.05) is 19.6 Å². The van der Waals surface area contributed by atoms with E-state index in [0.717, 1.165) is 17.5 Å². The van der Waals surface area contributed by atoms with Crippen LogP contribution < -0.4 is 5.32 Å². The van der Waals surface area contributed by atoms with Gasteiger partial charge in [-0.15, -0.1) is 0 Å². The van der Waals surface area contributed by atoms with E-state index in [1.807, 2.05) is 12.1 Å². The topological polar surface area (TPSA) is 15.3 Å². The van der Waals surface area contributed by atoms with Crippen molar-refractivity contribution in [1.82, 2.24) is 10.2 Å². The molecule has 3 heteroatoms. The van der Waals surface area contributed by atoms with Crippen LogP contribution in [0.25, 0.3) is 0 Å². The monoisotopic (exact) mass is 294 g/mol. The molecule has 1 aliphatic heterocycles. The predicted molar refractivity (Wildman–Crippen MR) is 87.3 cm³/mol. The van der Waals surface area contributed by atoms with Gasteiger partial charge >= 0.3 is 0 Å². The third kappa shape index (κ3) is 4.47. The van der Waals surface area contributed by atoms with Gasteiger partial charge in [-0.25, -0.2) is 0 Å². The standard InChI is InChI=1S/C17H27ClN2/c1-13(15-6-5-7-16(18)10-15)20-9-8-14(12-20)11-19-17(2,3)4/h5-7,10,13-14,19H,8-9,11-12H2,1-4H3. The average Bonchev–Trinajstić information content (AvgIpc) is 2.83. The second-order valence-electron chi connectivity index (χ2n) is 7.01. The molecule has 1 saturated heterocycles. The number of nitrogens with one attached hydrogen (secondary N) is 1. The second kappa shape index (κ2) is 6.46. The summed E-state index contributed by atoms with van der Waals surface area (Å²) in [6, 6.07) is 8.71. The molecule has 1 aromatic rings. The van der Waals surface area contributed by atoms with Gasteiger partial charge in [-0.05, 0) is 70.8 Å². The van der Waals surface area contributed by atoms with Crippen molar-refractivity contribution < 1.29 is 0 Å². The molecule has 1 aromatic carbocycles. The lowest BCUT2D eigenvalue weighted by Gasteiger charge is -2.26. The lowest BCUT2D eigenvalue weighted by atomic mass is 10.0. The third-order valence-electron chi connectivity index (χ3n) is 4.12. The van der Waals surface area contributed by atoms with Crippen molar-refractivity contribution in [3.05, 3.63) is 34.9 Å². The van der Waals surface area contributed by atoms with Crippen molar-refractivity contribution in [3.63, 3.8) is 0 Å². The molecule has 0 spiro atoms. The van der Waals surface area contributed by atoms with E-state index in [9.17, 15) is 0 Å². The van der Waals surface area contributed by atoms with Gasteiger partial charge in [0.1, 0.15) is 0 Å². The molecule has 0 radical (unpaired) electrons. The first kappa shape index (κ1) is 15.8. The lowest BCUT2D eigenvalue weighted by molar-refractivity contribution is 0.248. The first-order valence-corrected chi connectivity index (χ1v) is 7.97. The van der Waals surface area contributed by atoms with Crippen LogP contribution in [0.1, 0.15) is 45.7 Å². The molecule has 1 N–H and O–H groups in total. The Morgan fingerprint density at radius 1 is 1.40 bits per heavy atom. The Morgan fingerprint density at radius 3 is 2.80 bits per heavy atom. The molecule has 20 heavy (non-hydrogen) atoms. The first-order valence-electron chi connectivity index (χ1n) is 7.60. The van der Waals surface area contributed by atoms with Crippen LogP contribution >= 0.6 is 11.6 Å². The van der Waals surface area contributed by atoms with Crippen LogP contribution in [0.4, 0.5) is 0 Å². The van der Waals surface area contributed by atoms with Gasteiger partial charge in [0.2, 0.25) is 0 Å². The summed E-state index contributed by atoms with van der Waals surface area (Å²) >= 11 is 6.10. The summed E-state index contributed by atoms with van der Waals surface area (Å²) in [5.41, 5.74) is 1.54. The van der Waals surface area contributed by atoms with Crippen LogP contribution in [-0.4, -0.2) is 30.1 Å². The quantitative estimate of drug-likeness (QED) is 0.899. The van der Waals surface area contributed by atoms with Crippen LogP contribution in [0.3, 0.4) is 0 Å². The summed E-state index contributed by atoms with van der Waals surface area (Å²) in [6.45, 7) is 12.4. The zero-order valence-electron chi connectivity index (χ0n) is 13.1. The highest BCUT2D eigenvalue weighted by molar-refractivity contribution is 6.30. The molecule has 0 aromatic heterocycles. The van der Waals surface area contributed by atoms with Crippen molar-refractivity contribution in [1.29, 1.82) is 0 Å². The number of benzene rings is 1. The summed E-state index contributed by atoms with van der Waals surface area (Å²) in [7, 11) is 0. The van der Waals surface area contributed by atoms with Gasteiger partial charge in [0.25, 0.3) is 0 Å². The smallest absolute Gasteiger partial charge is 0.0409 e. The van der Waals surface area contributed by atoms with Crippen LogP contribution in [0.5, 0.6) is 0 Å². The summed E-state index contributed by atoms with van der Waals surface area (Å²) in [6.07, 6.45) is 1.29.